The molecule has 0 aliphatic carbocycles. The highest BCUT2D eigenvalue weighted by Crippen LogP contribution is 2.38. The van der Waals surface area contributed by atoms with E-state index in [2.05, 4.69) is 0 Å². The maximum atomic E-state index is 14.2. The van der Waals surface area contributed by atoms with Crippen molar-refractivity contribution in [2.45, 2.75) is 39.1 Å². The molecule has 38 heavy (non-hydrogen) atoms. The predicted molar refractivity (Wildman–Crippen MR) is 149 cm³/mol. The number of carbonyl (C=O) groups is 1. The van der Waals surface area contributed by atoms with E-state index in [0.29, 0.717) is 36.0 Å². The van der Waals surface area contributed by atoms with E-state index in [0.717, 1.165) is 22.3 Å². The summed E-state index contributed by atoms with van der Waals surface area (Å²) in [5.74, 6) is 1.05. The highest BCUT2D eigenvalue weighted by Gasteiger charge is 2.32. The summed E-state index contributed by atoms with van der Waals surface area (Å²) < 4.78 is 23.6. The standard InChI is InChI=1S/C33H34O5/c1-23-15-17-29(30(19-23)37-21-25-11-7-5-8-12-25)33(34)32(24(2)35-3)28-18-16-27(36-4)20-31(28)38-22-26-13-9-6-10-14-26/h5-20,24,32H,21-22H2,1-4H3. The number of ether oxygens (including phenoxy) is 4. The van der Waals surface area contributed by atoms with Gasteiger partial charge in [0.15, 0.2) is 5.78 Å². The van der Waals surface area contributed by atoms with Gasteiger partial charge in [-0.25, -0.2) is 0 Å². The maximum Gasteiger partial charge on any atom is 0.176 e. The van der Waals surface area contributed by atoms with Gasteiger partial charge in [-0.3, -0.25) is 4.79 Å². The fourth-order valence-corrected chi connectivity index (χ4v) is 4.36. The van der Waals surface area contributed by atoms with Gasteiger partial charge in [-0.15, -0.1) is 0 Å². The average molecular weight is 511 g/mol. The second kappa shape index (κ2) is 12.9. The number of benzene rings is 4. The van der Waals surface area contributed by atoms with E-state index in [9.17, 15) is 4.79 Å². The van der Waals surface area contributed by atoms with Crippen molar-refractivity contribution >= 4 is 5.78 Å². The largest absolute Gasteiger partial charge is 0.497 e. The molecule has 2 unspecified atom stereocenters. The zero-order chi connectivity index (χ0) is 26.9. The molecule has 4 aromatic carbocycles. The van der Waals surface area contributed by atoms with Gasteiger partial charge in [0, 0.05) is 18.7 Å². The van der Waals surface area contributed by atoms with Crippen molar-refractivity contribution in [3.63, 3.8) is 0 Å². The van der Waals surface area contributed by atoms with Crippen LogP contribution in [0, 0.1) is 6.92 Å². The molecule has 5 heteroatoms. The van der Waals surface area contributed by atoms with Crippen LogP contribution in [0.1, 0.15) is 45.5 Å². The summed E-state index contributed by atoms with van der Waals surface area (Å²) in [4.78, 5) is 14.2. The first-order chi connectivity index (χ1) is 18.5. The van der Waals surface area contributed by atoms with E-state index in [1.165, 1.54) is 0 Å². The Morgan fingerprint density at radius 3 is 1.92 bits per heavy atom. The smallest absolute Gasteiger partial charge is 0.176 e. The van der Waals surface area contributed by atoms with Crippen molar-refractivity contribution in [3.05, 3.63) is 125 Å². The van der Waals surface area contributed by atoms with E-state index in [1.807, 2.05) is 111 Å². The first-order valence-corrected chi connectivity index (χ1v) is 12.7. The first-order valence-electron chi connectivity index (χ1n) is 12.7. The molecule has 2 atom stereocenters. The molecule has 0 saturated carbocycles. The summed E-state index contributed by atoms with van der Waals surface area (Å²) >= 11 is 0. The van der Waals surface area contributed by atoms with Crippen LogP contribution in [0.2, 0.25) is 0 Å². The monoisotopic (exact) mass is 510 g/mol. The number of rotatable bonds is 12. The van der Waals surface area contributed by atoms with Crippen LogP contribution in [0.5, 0.6) is 17.2 Å². The number of Topliss-reactive ketones (excluding diaryl/α,β-unsaturated/α-hetero) is 1. The Morgan fingerprint density at radius 1 is 0.737 bits per heavy atom. The molecular weight excluding hydrogens is 476 g/mol. The van der Waals surface area contributed by atoms with Crippen LogP contribution in [0.3, 0.4) is 0 Å². The van der Waals surface area contributed by atoms with Gasteiger partial charge in [-0.2, -0.15) is 0 Å². The second-order valence-corrected chi connectivity index (χ2v) is 9.23. The summed E-state index contributed by atoms with van der Waals surface area (Å²) in [7, 11) is 3.22. The first kappa shape index (κ1) is 27.0. The number of aryl methyl sites for hydroxylation is 1. The molecule has 196 valence electrons. The van der Waals surface area contributed by atoms with Gasteiger partial charge in [0.25, 0.3) is 0 Å². The minimum Gasteiger partial charge on any atom is -0.497 e. The lowest BCUT2D eigenvalue weighted by atomic mass is 9.85. The molecule has 0 spiro atoms. The van der Waals surface area contributed by atoms with Crippen molar-refractivity contribution in [2.24, 2.45) is 0 Å². The van der Waals surface area contributed by atoms with Gasteiger partial charge in [0.2, 0.25) is 0 Å². The van der Waals surface area contributed by atoms with Crippen LogP contribution in [0.4, 0.5) is 0 Å². The minimum atomic E-state index is -0.626. The molecule has 0 radical (unpaired) electrons. The van der Waals surface area contributed by atoms with E-state index in [1.54, 1.807) is 14.2 Å². The summed E-state index contributed by atoms with van der Waals surface area (Å²) in [6, 6.07) is 31.0. The Bertz CT molecular complexity index is 1330. The third-order valence-electron chi connectivity index (χ3n) is 6.56. The SMILES string of the molecule is COc1ccc(C(C(=O)c2ccc(C)cc2OCc2ccccc2)C(C)OC)c(OCc2ccccc2)c1. The summed E-state index contributed by atoms with van der Waals surface area (Å²) in [6.07, 6.45) is -0.418. The Balaban J connectivity index is 1.70. The van der Waals surface area contributed by atoms with E-state index >= 15 is 0 Å². The Morgan fingerprint density at radius 2 is 1.34 bits per heavy atom. The van der Waals surface area contributed by atoms with Crippen molar-refractivity contribution in [1.82, 2.24) is 0 Å². The lowest BCUT2D eigenvalue weighted by Gasteiger charge is -2.26. The molecule has 0 heterocycles. The number of carbonyl (C=O) groups excluding carboxylic acids is 1. The Kier molecular flexibility index (Phi) is 9.17. The lowest BCUT2D eigenvalue weighted by Crippen LogP contribution is -2.27. The van der Waals surface area contributed by atoms with Crippen LogP contribution in [0.15, 0.2) is 97.1 Å². The molecule has 5 nitrogen and oxygen atoms in total. The normalized spacial score (nSPS) is 12.4. The molecule has 0 N–H and O–H groups in total. The average Bonchev–Trinajstić information content (AvgIpc) is 2.96. The molecule has 4 aromatic rings. The van der Waals surface area contributed by atoms with Crippen LogP contribution in [-0.4, -0.2) is 26.1 Å². The van der Waals surface area contributed by atoms with Gasteiger partial charge in [0.05, 0.1) is 24.7 Å². The quantitative estimate of drug-likeness (QED) is 0.189. The van der Waals surface area contributed by atoms with Crippen LogP contribution < -0.4 is 14.2 Å². The number of ketones is 1. The highest BCUT2D eigenvalue weighted by atomic mass is 16.5. The second-order valence-electron chi connectivity index (χ2n) is 9.23. The molecular formula is C33H34O5. The highest BCUT2D eigenvalue weighted by molar-refractivity contribution is 6.04. The van der Waals surface area contributed by atoms with Crippen LogP contribution >= 0.6 is 0 Å². The summed E-state index contributed by atoms with van der Waals surface area (Å²) in [5.41, 5.74) is 4.30. The minimum absolute atomic E-state index is 0.0999. The molecule has 0 aliphatic rings. The molecule has 0 aliphatic heterocycles. The number of hydrogen-bond donors (Lipinski definition) is 0. The van der Waals surface area contributed by atoms with Gasteiger partial charge in [-0.05, 0) is 48.7 Å². The molecule has 0 amide bonds. The molecule has 0 aromatic heterocycles. The van der Waals surface area contributed by atoms with E-state index in [-0.39, 0.29) is 5.78 Å². The van der Waals surface area contributed by atoms with Gasteiger partial charge in [-0.1, -0.05) is 72.8 Å². The number of hydrogen-bond acceptors (Lipinski definition) is 5. The molecule has 0 fully saturated rings. The van der Waals surface area contributed by atoms with Crippen molar-refractivity contribution in [3.8, 4) is 17.2 Å². The van der Waals surface area contributed by atoms with Crippen molar-refractivity contribution in [2.75, 3.05) is 14.2 Å². The summed E-state index contributed by atoms with van der Waals surface area (Å²) in [6.45, 7) is 4.60. The molecule has 4 rings (SSSR count). The lowest BCUT2D eigenvalue weighted by molar-refractivity contribution is 0.0684. The van der Waals surface area contributed by atoms with E-state index < -0.39 is 12.0 Å². The van der Waals surface area contributed by atoms with Gasteiger partial charge >= 0.3 is 0 Å². The predicted octanol–water partition coefficient (Wildman–Crippen LogP) is 7.16. The van der Waals surface area contributed by atoms with Crippen LogP contribution in [-0.2, 0) is 18.0 Å². The fraction of sp³-hybridized carbons (Fsp3) is 0.242. The molecule has 0 bridgehead atoms. The van der Waals surface area contributed by atoms with Crippen LogP contribution in [0.25, 0.3) is 0 Å². The van der Waals surface area contributed by atoms with E-state index in [4.69, 9.17) is 18.9 Å². The Hall–Kier alpha value is -4.09. The van der Waals surface area contributed by atoms with Gasteiger partial charge < -0.3 is 18.9 Å². The zero-order valence-corrected chi connectivity index (χ0v) is 22.3. The Labute approximate surface area is 225 Å². The zero-order valence-electron chi connectivity index (χ0n) is 22.3. The van der Waals surface area contributed by atoms with Crippen molar-refractivity contribution in [1.29, 1.82) is 0 Å². The fourth-order valence-electron chi connectivity index (χ4n) is 4.36. The number of methoxy groups -OCH3 is 2. The van der Waals surface area contributed by atoms with Gasteiger partial charge in [0.1, 0.15) is 30.5 Å². The maximum absolute atomic E-state index is 14.2. The topological polar surface area (TPSA) is 54.0 Å². The molecule has 0 saturated heterocycles. The third kappa shape index (κ3) is 6.61. The third-order valence-corrected chi connectivity index (χ3v) is 6.56. The van der Waals surface area contributed by atoms with Crippen molar-refractivity contribution < 1.29 is 23.7 Å². The summed E-state index contributed by atoms with van der Waals surface area (Å²) in [5, 5.41) is 0.